The zero-order chi connectivity index (χ0) is 27.4. The molecular weight excluding hydrogens is 506 g/mol. The van der Waals surface area contributed by atoms with Crippen molar-refractivity contribution in [3.05, 3.63) is 94.0 Å². The van der Waals surface area contributed by atoms with Crippen molar-refractivity contribution in [1.29, 1.82) is 0 Å². The van der Waals surface area contributed by atoms with Crippen LogP contribution >= 0.6 is 11.6 Å². The second-order valence-electron chi connectivity index (χ2n) is 9.06. The number of amides is 1. The van der Waals surface area contributed by atoms with E-state index >= 15 is 0 Å². The third kappa shape index (κ3) is 5.48. The summed E-state index contributed by atoms with van der Waals surface area (Å²) in [5.41, 5.74) is 1.63. The van der Waals surface area contributed by atoms with E-state index in [9.17, 15) is 14.7 Å². The Kier molecular flexibility index (Phi) is 8.27. The normalized spacial score (nSPS) is 16.7. The number of carbonyl (C=O) groups excluding carboxylic acids is 2. The molecule has 1 aliphatic heterocycles. The van der Waals surface area contributed by atoms with Crippen molar-refractivity contribution >= 4 is 29.1 Å². The van der Waals surface area contributed by atoms with Crippen LogP contribution in [0.15, 0.2) is 72.3 Å². The molecule has 0 spiro atoms. The Bertz CT molecular complexity index is 1380. The van der Waals surface area contributed by atoms with Gasteiger partial charge >= 0.3 is 0 Å². The fraction of sp³-hybridized carbons (Fsp3) is 0.267. The summed E-state index contributed by atoms with van der Waals surface area (Å²) in [6.45, 7) is 6.11. The number of para-hydroxylation sites is 1. The van der Waals surface area contributed by atoms with Crippen LogP contribution in [0.1, 0.15) is 43.5 Å². The summed E-state index contributed by atoms with van der Waals surface area (Å²) in [4.78, 5) is 28.4. The Morgan fingerprint density at radius 3 is 2.50 bits per heavy atom. The molecule has 3 aromatic carbocycles. The number of nitrogens with zero attached hydrogens (tertiary/aromatic N) is 1. The van der Waals surface area contributed by atoms with Gasteiger partial charge in [-0.15, -0.1) is 0 Å². The maximum absolute atomic E-state index is 13.5. The summed E-state index contributed by atoms with van der Waals surface area (Å²) in [6, 6.07) is 18.3. The molecule has 1 saturated heterocycles. The summed E-state index contributed by atoms with van der Waals surface area (Å²) in [5.74, 6) is -0.286. The van der Waals surface area contributed by atoms with E-state index < -0.39 is 17.7 Å². The number of hydrogen-bond donors (Lipinski definition) is 1. The van der Waals surface area contributed by atoms with Gasteiger partial charge in [0.05, 0.1) is 43.0 Å². The average molecular weight is 536 g/mol. The molecule has 1 N–H and O–H groups in total. The molecule has 1 heterocycles. The summed E-state index contributed by atoms with van der Waals surface area (Å²) in [7, 11) is 1.55. The minimum absolute atomic E-state index is 0.0311. The highest BCUT2D eigenvalue weighted by Crippen LogP contribution is 2.42. The van der Waals surface area contributed by atoms with Crippen molar-refractivity contribution in [3.63, 3.8) is 0 Å². The number of benzene rings is 3. The molecule has 0 saturated carbocycles. The van der Waals surface area contributed by atoms with Crippen LogP contribution in [0.4, 0.5) is 0 Å². The molecule has 1 amide bonds. The molecule has 198 valence electrons. The number of carbonyl (C=O) groups is 2. The minimum atomic E-state index is -0.873. The van der Waals surface area contributed by atoms with E-state index in [1.807, 2.05) is 45.0 Å². The van der Waals surface area contributed by atoms with Gasteiger partial charge in [-0.3, -0.25) is 9.59 Å². The Morgan fingerprint density at radius 1 is 1.03 bits per heavy atom. The van der Waals surface area contributed by atoms with Crippen molar-refractivity contribution in [1.82, 2.24) is 4.90 Å². The highest BCUT2D eigenvalue weighted by atomic mass is 35.5. The van der Waals surface area contributed by atoms with Crippen LogP contribution in [-0.2, 0) is 16.1 Å². The smallest absolute Gasteiger partial charge is 0.295 e. The topological polar surface area (TPSA) is 85.3 Å². The van der Waals surface area contributed by atoms with E-state index in [0.717, 1.165) is 5.56 Å². The third-order valence-electron chi connectivity index (χ3n) is 6.12. The summed E-state index contributed by atoms with van der Waals surface area (Å²) in [5, 5.41) is 11.8. The van der Waals surface area contributed by atoms with Crippen LogP contribution in [-0.4, -0.2) is 41.5 Å². The second kappa shape index (κ2) is 11.6. The summed E-state index contributed by atoms with van der Waals surface area (Å²) >= 11 is 6.24. The number of methoxy groups -OCH3 is 1. The number of rotatable bonds is 9. The van der Waals surface area contributed by atoms with Crippen LogP contribution in [0.25, 0.3) is 5.76 Å². The lowest BCUT2D eigenvalue weighted by Gasteiger charge is -2.26. The van der Waals surface area contributed by atoms with Gasteiger partial charge in [0.1, 0.15) is 23.0 Å². The number of likely N-dealkylation sites (tertiary alicyclic amines) is 1. The zero-order valence-electron chi connectivity index (χ0n) is 21.7. The molecule has 8 heteroatoms. The zero-order valence-corrected chi connectivity index (χ0v) is 22.5. The standard InChI is InChI=1S/C30H30ClNO6/c1-5-37-25-16-20(13-14-23(25)31)28(33)26-27(19-10-8-11-22(15-19)38-18(2)3)32(30(35)29(26)34)17-21-9-6-7-12-24(21)36-4/h6-16,18,27,33H,5,17H2,1-4H3/b28-26-. The molecule has 1 unspecified atom stereocenters. The van der Waals surface area contributed by atoms with Gasteiger partial charge in [0, 0.05) is 11.1 Å². The SMILES string of the molecule is CCOc1cc(/C(O)=C2/C(=O)C(=O)N(Cc3ccccc3OC)C2c2cccc(OC(C)C)c2)ccc1Cl. The molecule has 7 nitrogen and oxygen atoms in total. The first-order valence-electron chi connectivity index (χ1n) is 12.3. The molecule has 3 aromatic rings. The summed E-state index contributed by atoms with van der Waals surface area (Å²) < 4.78 is 16.9. The first-order chi connectivity index (χ1) is 18.2. The highest BCUT2D eigenvalue weighted by Gasteiger charge is 2.46. The molecular formula is C30H30ClNO6. The molecule has 0 bridgehead atoms. The Morgan fingerprint density at radius 2 is 1.79 bits per heavy atom. The third-order valence-corrected chi connectivity index (χ3v) is 6.44. The Hall–Kier alpha value is -3.97. The first-order valence-corrected chi connectivity index (χ1v) is 12.7. The van der Waals surface area contributed by atoms with Crippen LogP contribution in [0.2, 0.25) is 5.02 Å². The van der Waals surface area contributed by atoms with Crippen LogP contribution in [0.5, 0.6) is 17.2 Å². The lowest BCUT2D eigenvalue weighted by Crippen LogP contribution is -2.29. The van der Waals surface area contributed by atoms with Crippen molar-refractivity contribution in [2.24, 2.45) is 0 Å². The number of Topliss-reactive ketones (excluding diaryl/α,β-unsaturated/α-hetero) is 1. The largest absolute Gasteiger partial charge is 0.507 e. The first kappa shape index (κ1) is 27.1. The number of halogens is 1. The van der Waals surface area contributed by atoms with Gasteiger partial charge in [0.25, 0.3) is 11.7 Å². The fourth-order valence-electron chi connectivity index (χ4n) is 4.51. The van der Waals surface area contributed by atoms with Gasteiger partial charge in [-0.25, -0.2) is 0 Å². The highest BCUT2D eigenvalue weighted by molar-refractivity contribution is 6.46. The maximum Gasteiger partial charge on any atom is 0.295 e. The van der Waals surface area contributed by atoms with Gasteiger partial charge < -0.3 is 24.2 Å². The number of aliphatic hydroxyl groups excluding tert-OH is 1. The molecule has 0 radical (unpaired) electrons. The second-order valence-corrected chi connectivity index (χ2v) is 9.46. The van der Waals surface area contributed by atoms with Gasteiger partial charge in [0.15, 0.2) is 0 Å². The molecule has 38 heavy (non-hydrogen) atoms. The van der Waals surface area contributed by atoms with E-state index in [1.54, 1.807) is 49.6 Å². The lowest BCUT2D eigenvalue weighted by molar-refractivity contribution is -0.140. The monoisotopic (exact) mass is 535 g/mol. The Balaban J connectivity index is 1.88. The van der Waals surface area contributed by atoms with Gasteiger partial charge in [-0.2, -0.15) is 0 Å². The fourth-order valence-corrected chi connectivity index (χ4v) is 4.68. The predicted molar refractivity (Wildman–Crippen MR) is 146 cm³/mol. The van der Waals surface area contributed by atoms with Crippen molar-refractivity contribution in [3.8, 4) is 17.2 Å². The van der Waals surface area contributed by atoms with Gasteiger partial charge in [-0.1, -0.05) is 41.9 Å². The van der Waals surface area contributed by atoms with Crippen molar-refractivity contribution in [2.75, 3.05) is 13.7 Å². The minimum Gasteiger partial charge on any atom is -0.507 e. The number of hydrogen-bond acceptors (Lipinski definition) is 6. The van der Waals surface area contributed by atoms with E-state index in [0.29, 0.717) is 40.0 Å². The molecule has 1 fully saturated rings. The van der Waals surface area contributed by atoms with E-state index in [1.165, 1.54) is 4.90 Å². The lowest BCUT2D eigenvalue weighted by atomic mass is 9.95. The molecule has 0 aromatic heterocycles. The van der Waals surface area contributed by atoms with E-state index in [4.69, 9.17) is 25.8 Å². The summed E-state index contributed by atoms with van der Waals surface area (Å²) in [6.07, 6.45) is -0.0729. The van der Waals surface area contributed by atoms with Crippen LogP contribution < -0.4 is 14.2 Å². The number of ether oxygens (including phenoxy) is 3. The number of ketones is 1. The van der Waals surface area contributed by atoms with Gasteiger partial charge in [0.2, 0.25) is 0 Å². The maximum atomic E-state index is 13.5. The quantitative estimate of drug-likeness (QED) is 0.201. The van der Waals surface area contributed by atoms with Crippen LogP contribution in [0.3, 0.4) is 0 Å². The Labute approximate surface area is 227 Å². The molecule has 4 rings (SSSR count). The van der Waals surface area contributed by atoms with Crippen molar-refractivity contribution in [2.45, 2.75) is 39.5 Å². The molecule has 1 atom stereocenters. The van der Waals surface area contributed by atoms with E-state index in [2.05, 4.69) is 0 Å². The van der Waals surface area contributed by atoms with Crippen LogP contribution in [0, 0.1) is 0 Å². The molecule has 0 aliphatic carbocycles. The van der Waals surface area contributed by atoms with E-state index in [-0.39, 0.29) is 24.0 Å². The van der Waals surface area contributed by atoms with Gasteiger partial charge in [-0.05, 0) is 62.7 Å². The predicted octanol–water partition coefficient (Wildman–Crippen LogP) is 6.16. The average Bonchev–Trinajstić information content (AvgIpc) is 3.14. The molecule has 1 aliphatic rings. The van der Waals surface area contributed by atoms with Crippen molar-refractivity contribution < 1.29 is 28.9 Å². The number of aliphatic hydroxyl groups is 1.